The van der Waals surface area contributed by atoms with Crippen molar-refractivity contribution in [2.45, 2.75) is 18.9 Å². The molecule has 1 atom stereocenters. The molecule has 0 saturated heterocycles. The molecule has 0 rings (SSSR count). The summed E-state index contributed by atoms with van der Waals surface area (Å²) < 4.78 is 0. The minimum absolute atomic E-state index is 0. The van der Waals surface area contributed by atoms with E-state index in [0.29, 0.717) is 19.6 Å². The van der Waals surface area contributed by atoms with Crippen molar-refractivity contribution in [2.24, 2.45) is 5.73 Å². The smallest absolute Gasteiger partial charge is 0.320 e. The Bertz CT molecular complexity index is 255. The van der Waals surface area contributed by atoms with Crippen LogP contribution < -0.4 is 5.73 Å². The van der Waals surface area contributed by atoms with Crippen LogP contribution in [0.5, 0.6) is 0 Å². The number of hydrogen-bond acceptors (Lipinski definition) is 7. The summed E-state index contributed by atoms with van der Waals surface area (Å²) in [5.41, 5.74) is 5.00. The fourth-order valence-electron chi connectivity index (χ4n) is 1.16. The molecule has 0 spiro atoms. The zero-order valence-electron chi connectivity index (χ0n) is 11.8. The molecule has 7 N–H and O–H groups in total. The second-order valence-corrected chi connectivity index (χ2v) is 3.89. The Morgan fingerprint density at radius 3 is 1.57 bits per heavy atom. The standard InChI is InChI=1S/C6H15NO3.C5H9NO4.Zr/c8-4-1-7(2-5-9)3-6-10;6-3(5(9)10)1-2-4(7)8;/h8-10H,1-6H2;3H,1-2,6H2,(H,7,8)(H,9,10);/t;3-;/m.0./s1. The maximum atomic E-state index is 9.99. The average molecular weight is 388 g/mol. The number of nitrogens with zero attached hydrogens (tertiary/aromatic N) is 1. The molecule has 21 heavy (non-hydrogen) atoms. The molecule has 10 heteroatoms. The molecule has 0 aromatic heterocycles. The van der Waals surface area contributed by atoms with Crippen LogP contribution in [0.2, 0.25) is 0 Å². The number of aliphatic hydroxyl groups excluding tert-OH is 3. The molecule has 124 valence electrons. The van der Waals surface area contributed by atoms with Crippen molar-refractivity contribution in [3.05, 3.63) is 0 Å². The first-order chi connectivity index (χ1) is 9.38. The Morgan fingerprint density at radius 1 is 0.952 bits per heavy atom. The summed E-state index contributed by atoms with van der Waals surface area (Å²) in [6.45, 7) is 1.75. The van der Waals surface area contributed by atoms with Gasteiger partial charge in [0.1, 0.15) is 6.04 Å². The van der Waals surface area contributed by atoms with E-state index in [1.807, 2.05) is 0 Å². The van der Waals surface area contributed by atoms with Gasteiger partial charge >= 0.3 is 11.9 Å². The Balaban J connectivity index is -0.000000295. The molecule has 0 heterocycles. The first-order valence-corrected chi connectivity index (χ1v) is 6.14. The third kappa shape index (κ3) is 19.6. The summed E-state index contributed by atoms with van der Waals surface area (Å²) in [5.74, 6) is -2.20. The van der Waals surface area contributed by atoms with E-state index in [1.165, 1.54) is 0 Å². The number of nitrogens with two attached hydrogens (primary N) is 1. The maximum absolute atomic E-state index is 9.99. The number of carboxylic acid groups (broad SMARTS) is 2. The molecule has 0 aliphatic carbocycles. The van der Waals surface area contributed by atoms with E-state index in [9.17, 15) is 9.59 Å². The van der Waals surface area contributed by atoms with Crippen molar-refractivity contribution in [3.63, 3.8) is 0 Å². The molecule has 0 aliphatic rings. The molecule has 0 aromatic rings. The molecule has 0 unspecified atom stereocenters. The van der Waals surface area contributed by atoms with E-state index in [4.69, 9.17) is 31.3 Å². The molecule has 0 amide bonds. The van der Waals surface area contributed by atoms with E-state index in [-0.39, 0.29) is 58.9 Å². The SMILES string of the molecule is N[C@@H](CCC(=O)O)C(=O)O.OCCN(CCO)CCO.[Zr]. The molecular weight excluding hydrogens is 363 g/mol. The van der Waals surface area contributed by atoms with Gasteiger partial charge in [0.15, 0.2) is 0 Å². The molecule has 0 fully saturated rings. The van der Waals surface area contributed by atoms with Gasteiger partial charge in [-0.3, -0.25) is 14.5 Å². The second kappa shape index (κ2) is 17.7. The van der Waals surface area contributed by atoms with Crippen molar-refractivity contribution >= 4 is 11.9 Å². The Morgan fingerprint density at radius 2 is 1.33 bits per heavy atom. The van der Waals surface area contributed by atoms with Gasteiger partial charge in [-0.25, -0.2) is 0 Å². The van der Waals surface area contributed by atoms with Crippen LogP contribution >= 0.6 is 0 Å². The van der Waals surface area contributed by atoms with Crippen LogP contribution in [0, 0.1) is 0 Å². The molecule has 0 aliphatic heterocycles. The average Bonchev–Trinajstić information content (AvgIpc) is 2.37. The van der Waals surface area contributed by atoms with Gasteiger partial charge < -0.3 is 31.3 Å². The van der Waals surface area contributed by atoms with Crippen LogP contribution in [0.1, 0.15) is 12.8 Å². The first-order valence-electron chi connectivity index (χ1n) is 6.14. The van der Waals surface area contributed by atoms with Crippen LogP contribution in [0.15, 0.2) is 0 Å². The number of hydrogen-bond donors (Lipinski definition) is 6. The topological polar surface area (TPSA) is 165 Å². The van der Waals surface area contributed by atoms with Crippen LogP contribution in [-0.2, 0) is 35.8 Å². The number of aliphatic carboxylic acids is 2. The van der Waals surface area contributed by atoms with Crippen LogP contribution in [0.25, 0.3) is 0 Å². The molecule has 0 bridgehead atoms. The summed E-state index contributed by atoms with van der Waals surface area (Å²) in [5, 5.41) is 41.7. The first kappa shape index (κ1) is 25.6. The van der Waals surface area contributed by atoms with Gasteiger partial charge in [-0.05, 0) is 6.42 Å². The third-order valence-electron chi connectivity index (χ3n) is 2.24. The minimum atomic E-state index is -1.17. The second-order valence-electron chi connectivity index (χ2n) is 3.89. The maximum Gasteiger partial charge on any atom is 0.320 e. The van der Waals surface area contributed by atoms with E-state index in [2.05, 4.69) is 0 Å². The van der Waals surface area contributed by atoms with Crippen molar-refractivity contribution in [1.29, 1.82) is 0 Å². The van der Waals surface area contributed by atoms with E-state index >= 15 is 0 Å². The normalized spacial score (nSPS) is 11.1. The van der Waals surface area contributed by atoms with Gasteiger partial charge in [-0.15, -0.1) is 0 Å². The molecule has 0 saturated carbocycles. The number of aliphatic hydroxyl groups is 3. The van der Waals surface area contributed by atoms with Crippen molar-refractivity contribution in [1.82, 2.24) is 4.90 Å². The van der Waals surface area contributed by atoms with E-state index in [1.54, 1.807) is 4.90 Å². The van der Waals surface area contributed by atoms with Gasteiger partial charge in [0.25, 0.3) is 0 Å². The Hall–Kier alpha value is -0.377. The van der Waals surface area contributed by atoms with Crippen LogP contribution in [-0.4, -0.2) is 87.9 Å². The summed E-state index contributed by atoms with van der Waals surface area (Å²) >= 11 is 0. The summed E-state index contributed by atoms with van der Waals surface area (Å²) in [6.07, 6.45) is -0.224. The van der Waals surface area contributed by atoms with Gasteiger partial charge in [0, 0.05) is 52.3 Å². The summed E-state index contributed by atoms with van der Waals surface area (Å²) in [6, 6.07) is -1.06. The fourth-order valence-corrected chi connectivity index (χ4v) is 1.16. The Labute approximate surface area is 142 Å². The molecule has 0 aromatic carbocycles. The summed E-state index contributed by atoms with van der Waals surface area (Å²) in [4.78, 5) is 21.7. The fraction of sp³-hybridized carbons (Fsp3) is 0.818. The van der Waals surface area contributed by atoms with Gasteiger partial charge in [0.2, 0.25) is 0 Å². The Kier molecular flexibility index (Phi) is 21.5. The number of rotatable bonds is 10. The van der Waals surface area contributed by atoms with Crippen molar-refractivity contribution in [2.75, 3.05) is 39.5 Å². The number of carboxylic acids is 2. The zero-order chi connectivity index (χ0) is 16.0. The van der Waals surface area contributed by atoms with Gasteiger partial charge in [-0.1, -0.05) is 0 Å². The third-order valence-corrected chi connectivity index (χ3v) is 2.24. The van der Waals surface area contributed by atoms with Crippen LogP contribution in [0.4, 0.5) is 0 Å². The van der Waals surface area contributed by atoms with Crippen molar-refractivity contribution < 1.29 is 61.3 Å². The zero-order valence-corrected chi connectivity index (χ0v) is 14.3. The van der Waals surface area contributed by atoms with Gasteiger partial charge in [0.05, 0.1) is 19.8 Å². The largest absolute Gasteiger partial charge is 0.481 e. The molecular formula is C11H24N2O7Zr. The van der Waals surface area contributed by atoms with E-state index in [0.717, 1.165) is 0 Å². The van der Waals surface area contributed by atoms with Gasteiger partial charge in [-0.2, -0.15) is 0 Å². The molecule has 9 nitrogen and oxygen atoms in total. The monoisotopic (exact) mass is 386 g/mol. The van der Waals surface area contributed by atoms with Crippen LogP contribution in [0.3, 0.4) is 0 Å². The predicted octanol–water partition coefficient (Wildman–Crippen LogP) is -2.47. The van der Waals surface area contributed by atoms with Crippen molar-refractivity contribution in [3.8, 4) is 0 Å². The quantitative estimate of drug-likeness (QED) is 0.238. The summed E-state index contributed by atoms with van der Waals surface area (Å²) in [7, 11) is 0. The number of carbonyl (C=O) groups is 2. The minimum Gasteiger partial charge on any atom is -0.481 e. The molecule has 0 radical (unpaired) electrons. The predicted molar refractivity (Wildman–Crippen MR) is 70.2 cm³/mol. The van der Waals surface area contributed by atoms with E-state index < -0.39 is 18.0 Å².